The zero-order valence-electron chi connectivity index (χ0n) is 13.6. The Labute approximate surface area is 164 Å². The van der Waals surface area contributed by atoms with Crippen LogP contribution in [0.5, 0.6) is 0 Å². The first-order valence-corrected chi connectivity index (χ1v) is 9.92. The Morgan fingerprint density at radius 3 is 2.33 bits per heavy atom. The van der Waals surface area contributed by atoms with Crippen LogP contribution in [0, 0.1) is 5.92 Å². The summed E-state index contributed by atoms with van der Waals surface area (Å²) in [7, 11) is -4.32. The second-order valence-electron chi connectivity index (χ2n) is 5.68. The number of benzene rings is 1. The highest BCUT2D eigenvalue weighted by molar-refractivity contribution is 7.91. The van der Waals surface area contributed by atoms with E-state index in [1.54, 1.807) is 16.9 Å². The summed E-state index contributed by atoms with van der Waals surface area (Å²) in [6.07, 6.45) is 1.56. The minimum absolute atomic E-state index is 0.0289. The van der Waals surface area contributed by atoms with Crippen molar-refractivity contribution in [2.24, 2.45) is 5.92 Å². The van der Waals surface area contributed by atoms with Crippen molar-refractivity contribution in [1.82, 2.24) is 14.7 Å². The minimum atomic E-state index is -4.32. The number of nitrogens with zero attached hydrogens (tertiary/aromatic N) is 2. The van der Waals surface area contributed by atoms with Gasteiger partial charge < -0.3 is 0 Å². The molecule has 9 nitrogen and oxygen atoms in total. The molecule has 2 aromatic rings. The number of anilines is 2. The van der Waals surface area contributed by atoms with Gasteiger partial charge in [0.05, 0.1) is 5.69 Å². The third kappa shape index (κ3) is 5.28. The van der Waals surface area contributed by atoms with Gasteiger partial charge in [-0.2, -0.15) is 8.42 Å². The van der Waals surface area contributed by atoms with Crippen LogP contribution in [0.25, 0.3) is 0 Å². The fraction of sp³-hybridized carbons (Fsp3) is 0.200. The van der Waals surface area contributed by atoms with Gasteiger partial charge >= 0.3 is 16.2 Å². The molecule has 1 aromatic heterocycles. The summed E-state index contributed by atoms with van der Waals surface area (Å²) in [6, 6.07) is 6.29. The summed E-state index contributed by atoms with van der Waals surface area (Å²) >= 11 is 11.4. The summed E-state index contributed by atoms with van der Waals surface area (Å²) in [5.74, 6) is -0.499. The number of Topliss-reactive ketones (excluding diaryl/α,β-unsaturated/α-hetero) is 1. The first-order chi connectivity index (χ1) is 12.7. The number of para-hydroxylation sites is 1. The molecule has 3 rings (SSSR count). The SMILES string of the molecule is O=C(Nc1nc(Cl)cc(Cl)n1)NS(=O)(=O)Nc1ccccc1C(=O)C1CC1. The molecule has 1 aliphatic carbocycles. The van der Waals surface area contributed by atoms with Gasteiger partial charge in [-0.3, -0.25) is 14.8 Å². The van der Waals surface area contributed by atoms with Crippen LogP contribution in [-0.2, 0) is 10.2 Å². The summed E-state index contributed by atoms with van der Waals surface area (Å²) in [5, 5.41) is 2.05. The number of nitrogens with one attached hydrogen (secondary N) is 3. The largest absolute Gasteiger partial charge is 0.336 e. The maximum Gasteiger partial charge on any atom is 0.336 e. The van der Waals surface area contributed by atoms with Gasteiger partial charge in [0.1, 0.15) is 10.3 Å². The molecule has 142 valence electrons. The van der Waals surface area contributed by atoms with Crippen molar-refractivity contribution in [3.63, 3.8) is 0 Å². The molecule has 0 bridgehead atoms. The Bertz CT molecular complexity index is 991. The Morgan fingerprint density at radius 2 is 1.70 bits per heavy atom. The van der Waals surface area contributed by atoms with E-state index in [1.807, 2.05) is 0 Å². The van der Waals surface area contributed by atoms with Crippen molar-refractivity contribution < 1.29 is 18.0 Å². The maximum absolute atomic E-state index is 12.3. The number of hydrogen-bond donors (Lipinski definition) is 3. The van der Waals surface area contributed by atoms with E-state index < -0.39 is 16.2 Å². The first kappa shape index (κ1) is 19.3. The van der Waals surface area contributed by atoms with E-state index in [9.17, 15) is 18.0 Å². The zero-order chi connectivity index (χ0) is 19.6. The van der Waals surface area contributed by atoms with Gasteiger partial charge in [-0.1, -0.05) is 35.3 Å². The molecular weight excluding hydrogens is 417 g/mol. The highest BCUT2D eigenvalue weighted by Gasteiger charge is 2.32. The van der Waals surface area contributed by atoms with Crippen molar-refractivity contribution in [3.8, 4) is 0 Å². The fourth-order valence-electron chi connectivity index (χ4n) is 2.22. The predicted molar refractivity (Wildman–Crippen MR) is 100 cm³/mol. The van der Waals surface area contributed by atoms with Crippen LogP contribution in [0.1, 0.15) is 23.2 Å². The summed E-state index contributed by atoms with van der Waals surface area (Å²) in [6.45, 7) is 0. The molecular formula is C15H13Cl2N5O4S. The number of urea groups is 1. The summed E-state index contributed by atoms with van der Waals surface area (Å²) in [4.78, 5) is 31.5. The van der Waals surface area contributed by atoms with Crippen LogP contribution >= 0.6 is 23.2 Å². The zero-order valence-corrected chi connectivity index (χ0v) is 15.9. The molecule has 0 saturated heterocycles. The van der Waals surface area contributed by atoms with E-state index >= 15 is 0 Å². The molecule has 1 aromatic carbocycles. The second-order valence-corrected chi connectivity index (χ2v) is 7.87. The van der Waals surface area contributed by atoms with Crippen molar-refractivity contribution in [1.29, 1.82) is 0 Å². The topological polar surface area (TPSA) is 130 Å². The van der Waals surface area contributed by atoms with Gasteiger partial charge in [-0.05, 0) is 25.0 Å². The van der Waals surface area contributed by atoms with Crippen LogP contribution in [-0.4, -0.2) is 30.2 Å². The smallest absolute Gasteiger partial charge is 0.294 e. The summed E-state index contributed by atoms with van der Waals surface area (Å²) in [5.41, 5.74) is 0.326. The van der Waals surface area contributed by atoms with Crippen molar-refractivity contribution in [2.45, 2.75) is 12.8 Å². The van der Waals surface area contributed by atoms with Crippen molar-refractivity contribution in [3.05, 3.63) is 46.2 Å². The van der Waals surface area contributed by atoms with Crippen LogP contribution in [0.4, 0.5) is 16.4 Å². The molecule has 27 heavy (non-hydrogen) atoms. The molecule has 12 heteroatoms. The van der Waals surface area contributed by atoms with Crippen LogP contribution in [0.15, 0.2) is 30.3 Å². The Kier molecular flexibility index (Phi) is 5.49. The number of carbonyl (C=O) groups is 2. The Balaban J connectivity index is 1.70. The molecule has 0 atom stereocenters. The third-order valence-electron chi connectivity index (χ3n) is 3.50. The van der Waals surface area contributed by atoms with E-state index in [1.165, 1.54) is 18.2 Å². The molecule has 0 aliphatic heterocycles. The van der Waals surface area contributed by atoms with Crippen LogP contribution in [0.2, 0.25) is 10.3 Å². The highest BCUT2D eigenvalue weighted by Crippen LogP contribution is 2.34. The number of carbonyl (C=O) groups excluding carboxylic acids is 2. The highest BCUT2D eigenvalue weighted by atomic mass is 35.5. The second kappa shape index (κ2) is 7.67. The maximum atomic E-state index is 12.3. The Hall–Kier alpha value is -2.43. The van der Waals surface area contributed by atoms with Gasteiger partial charge in [0.2, 0.25) is 5.95 Å². The first-order valence-electron chi connectivity index (χ1n) is 7.68. The van der Waals surface area contributed by atoms with Gasteiger partial charge in [0.15, 0.2) is 5.78 Å². The summed E-state index contributed by atoms with van der Waals surface area (Å²) < 4.78 is 28.3. The van der Waals surface area contributed by atoms with E-state index in [-0.39, 0.29) is 39.2 Å². The monoisotopic (exact) mass is 429 g/mol. The Morgan fingerprint density at radius 1 is 1.07 bits per heavy atom. The van der Waals surface area contributed by atoms with Gasteiger partial charge in [-0.15, -0.1) is 0 Å². The lowest BCUT2D eigenvalue weighted by Gasteiger charge is -2.12. The predicted octanol–water partition coefficient (Wildman–Crippen LogP) is 2.85. The van der Waals surface area contributed by atoms with Crippen molar-refractivity contribution >= 4 is 56.9 Å². The molecule has 0 spiro atoms. The number of ketones is 1. The average molecular weight is 430 g/mol. The number of aromatic nitrogens is 2. The van der Waals surface area contributed by atoms with E-state index in [0.29, 0.717) is 0 Å². The van der Waals surface area contributed by atoms with Crippen LogP contribution < -0.4 is 14.8 Å². The fourth-order valence-corrected chi connectivity index (χ4v) is 3.45. The van der Waals surface area contributed by atoms with Gasteiger partial charge in [0, 0.05) is 17.5 Å². The number of hydrogen-bond acceptors (Lipinski definition) is 6. The van der Waals surface area contributed by atoms with Crippen LogP contribution in [0.3, 0.4) is 0 Å². The number of halogens is 2. The van der Waals surface area contributed by atoms with Gasteiger partial charge in [-0.25, -0.2) is 19.5 Å². The average Bonchev–Trinajstić information content (AvgIpc) is 3.37. The third-order valence-corrected chi connectivity index (χ3v) is 4.83. The van der Waals surface area contributed by atoms with E-state index in [0.717, 1.165) is 12.8 Å². The molecule has 2 amide bonds. The minimum Gasteiger partial charge on any atom is -0.294 e. The van der Waals surface area contributed by atoms with E-state index in [2.05, 4.69) is 20.0 Å². The normalized spacial score (nSPS) is 13.7. The van der Waals surface area contributed by atoms with Crippen molar-refractivity contribution in [2.75, 3.05) is 10.0 Å². The molecule has 0 radical (unpaired) electrons. The van der Waals surface area contributed by atoms with E-state index in [4.69, 9.17) is 23.2 Å². The molecule has 1 heterocycles. The lowest BCUT2D eigenvalue weighted by Crippen LogP contribution is -2.38. The molecule has 3 N–H and O–H groups in total. The molecule has 1 saturated carbocycles. The molecule has 0 unspecified atom stereocenters. The molecule has 1 fully saturated rings. The van der Waals surface area contributed by atoms with Gasteiger partial charge in [0.25, 0.3) is 0 Å². The number of rotatable bonds is 6. The quantitative estimate of drug-likeness (QED) is 0.477. The lowest BCUT2D eigenvalue weighted by molar-refractivity contribution is 0.0968. The number of amides is 2. The lowest BCUT2D eigenvalue weighted by atomic mass is 10.1. The molecule has 1 aliphatic rings. The standard InChI is InChI=1S/C15H13Cl2N5O4S/c16-11-7-12(17)19-14(18-11)20-15(24)22-27(25,26)21-10-4-2-1-3-9(10)13(23)8-5-6-8/h1-4,7-8,21H,5-6H2,(H2,18,19,20,22,24).